The first-order chi connectivity index (χ1) is 5.31. The summed E-state index contributed by atoms with van der Waals surface area (Å²) in [5.41, 5.74) is 1.39. The molecule has 0 bridgehead atoms. The Hall–Kier alpha value is -0.770. The predicted octanol–water partition coefficient (Wildman–Crippen LogP) is 1.68. The van der Waals surface area contributed by atoms with Crippen LogP contribution in [0, 0.1) is 0 Å². The van der Waals surface area contributed by atoms with Crippen LogP contribution in [0.2, 0.25) is 0 Å². The highest BCUT2D eigenvalue weighted by Gasteiger charge is 1.96. The Bertz CT molecular complexity index is 106. The van der Waals surface area contributed by atoms with E-state index in [0.29, 0.717) is 6.61 Å². The molecule has 0 heterocycles. The number of hydrogen-bond donors (Lipinski definition) is 2. The van der Waals surface area contributed by atoms with Crippen molar-refractivity contribution in [1.29, 1.82) is 0 Å². The van der Waals surface area contributed by atoms with Gasteiger partial charge in [-0.3, -0.25) is 5.21 Å². The summed E-state index contributed by atoms with van der Waals surface area (Å²) in [6.45, 7) is 2.49. The monoisotopic (exact) mass is 161 g/mol. The van der Waals surface area contributed by atoms with Crippen LogP contribution in [-0.2, 0) is 4.74 Å². The number of carbonyl (C=O) groups is 1. The Morgan fingerprint density at radius 1 is 1.45 bits per heavy atom. The third-order valence-corrected chi connectivity index (χ3v) is 1.32. The number of unbranched alkanes of at least 4 members (excludes halogenated alkanes) is 3. The molecule has 0 aromatic rings. The standard InChI is InChI=1S/C7H15NO3/c1-2-3-4-5-6-11-7(9)8-10/h10H,2-6H2,1H3,(H,8,9). The molecular weight excluding hydrogens is 146 g/mol. The van der Waals surface area contributed by atoms with Gasteiger partial charge in [-0.1, -0.05) is 26.2 Å². The molecule has 0 aromatic heterocycles. The molecular formula is C7H15NO3. The number of amides is 1. The summed E-state index contributed by atoms with van der Waals surface area (Å²) in [5.74, 6) is 0. The summed E-state index contributed by atoms with van der Waals surface area (Å²) >= 11 is 0. The number of hydrogen-bond acceptors (Lipinski definition) is 3. The van der Waals surface area contributed by atoms with Crippen LogP contribution in [0.1, 0.15) is 32.6 Å². The van der Waals surface area contributed by atoms with Gasteiger partial charge in [0.2, 0.25) is 0 Å². The molecule has 1 amide bonds. The van der Waals surface area contributed by atoms with Crippen molar-refractivity contribution in [3.63, 3.8) is 0 Å². The first kappa shape index (κ1) is 10.2. The minimum atomic E-state index is -0.776. The molecule has 4 nitrogen and oxygen atoms in total. The van der Waals surface area contributed by atoms with Gasteiger partial charge in [0.25, 0.3) is 0 Å². The Balaban J connectivity index is 2.95. The van der Waals surface area contributed by atoms with E-state index in [0.717, 1.165) is 25.7 Å². The van der Waals surface area contributed by atoms with Crippen molar-refractivity contribution in [3.8, 4) is 0 Å². The largest absolute Gasteiger partial charge is 0.448 e. The summed E-state index contributed by atoms with van der Waals surface area (Å²) in [4.78, 5) is 10.3. The molecule has 0 spiro atoms. The molecule has 0 saturated heterocycles. The average molecular weight is 161 g/mol. The zero-order valence-electron chi connectivity index (χ0n) is 6.80. The highest BCUT2D eigenvalue weighted by molar-refractivity contribution is 5.65. The molecule has 0 aliphatic heterocycles. The van der Waals surface area contributed by atoms with Crippen molar-refractivity contribution in [2.75, 3.05) is 6.61 Å². The van der Waals surface area contributed by atoms with Crippen molar-refractivity contribution in [2.24, 2.45) is 0 Å². The summed E-state index contributed by atoms with van der Waals surface area (Å²) in [6, 6.07) is 0. The second kappa shape index (κ2) is 7.34. The number of rotatable bonds is 5. The number of carbonyl (C=O) groups excluding carboxylic acids is 1. The van der Waals surface area contributed by atoms with Crippen LogP contribution in [0.5, 0.6) is 0 Å². The molecule has 0 aliphatic carbocycles. The topological polar surface area (TPSA) is 58.6 Å². The van der Waals surface area contributed by atoms with Gasteiger partial charge < -0.3 is 4.74 Å². The molecule has 0 rings (SSSR count). The van der Waals surface area contributed by atoms with Crippen molar-refractivity contribution >= 4 is 6.09 Å². The van der Waals surface area contributed by atoms with Gasteiger partial charge in [0, 0.05) is 0 Å². The number of ether oxygens (including phenoxy) is 1. The molecule has 0 atom stereocenters. The molecule has 0 fully saturated rings. The van der Waals surface area contributed by atoms with E-state index >= 15 is 0 Å². The van der Waals surface area contributed by atoms with Crippen LogP contribution in [0.15, 0.2) is 0 Å². The van der Waals surface area contributed by atoms with Crippen molar-refractivity contribution in [2.45, 2.75) is 32.6 Å². The fourth-order valence-corrected chi connectivity index (χ4v) is 0.726. The van der Waals surface area contributed by atoms with E-state index in [9.17, 15) is 4.79 Å². The maximum absolute atomic E-state index is 10.3. The van der Waals surface area contributed by atoms with Gasteiger partial charge in [-0.15, -0.1) is 0 Å². The van der Waals surface area contributed by atoms with Crippen LogP contribution >= 0.6 is 0 Å². The molecule has 0 aliphatic rings. The molecule has 0 unspecified atom stereocenters. The van der Waals surface area contributed by atoms with Crippen molar-refractivity contribution in [1.82, 2.24) is 5.48 Å². The van der Waals surface area contributed by atoms with E-state index in [1.54, 1.807) is 0 Å². The fraction of sp³-hybridized carbons (Fsp3) is 0.857. The smallest absolute Gasteiger partial charge is 0.431 e. The SMILES string of the molecule is CCCCCCOC(=O)NO. The lowest BCUT2D eigenvalue weighted by Gasteiger charge is -2.01. The molecule has 4 heteroatoms. The lowest BCUT2D eigenvalue weighted by molar-refractivity contribution is 0.0879. The Labute approximate surface area is 66.5 Å². The summed E-state index contributed by atoms with van der Waals surface area (Å²) in [6.07, 6.45) is 3.47. The Morgan fingerprint density at radius 2 is 2.18 bits per heavy atom. The van der Waals surface area contributed by atoms with Gasteiger partial charge in [0.1, 0.15) is 0 Å². The quantitative estimate of drug-likeness (QED) is 0.366. The van der Waals surface area contributed by atoms with E-state index in [1.807, 2.05) is 0 Å². The minimum absolute atomic E-state index is 0.381. The van der Waals surface area contributed by atoms with Crippen molar-refractivity contribution < 1.29 is 14.7 Å². The third-order valence-electron chi connectivity index (χ3n) is 1.32. The van der Waals surface area contributed by atoms with E-state index < -0.39 is 6.09 Å². The lowest BCUT2D eigenvalue weighted by Crippen LogP contribution is -2.20. The van der Waals surface area contributed by atoms with Crippen molar-refractivity contribution in [3.05, 3.63) is 0 Å². The van der Waals surface area contributed by atoms with Gasteiger partial charge in [0.05, 0.1) is 6.61 Å². The van der Waals surface area contributed by atoms with Gasteiger partial charge >= 0.3 is 6.09 Å². The van der Waals surface area contributed by atoms with Crippen LogP contribution in [-0.4, -0.2) is 17.9 Å². The third kappa shape index (κ3) is 7.12. The summed E-state index contributed by atoms with van der Waals surface area (Å²) in [5, 5.41) is 8.01. The van der Waals surface area contributed by atoms with Gasteiger partial charge in [0.15, 0.2) is 0 Å². The van der Waals surface area contributed by atoms with E-state index in [-0.39, 0.29) is 0 Å². The van der Waals surface area contributed by atoms with E-state index in [4.69, 9.17) is 5.21 Å². The van der Waals surface area contributed by atoms with Gasteiger partial charge in [-0.2, -0.15) is 0 Å². The van der Waals surface area contributed by atoms with Crippen LogP contribution in [0.4, 0.5) is 4.79 Å². The Kier molecular flexibility index (Phi) is 6.82. The maximum atomic E-state index is 10.3. The average Bonchev–Trinajstić information content (AvgIpc) is 2.04. The molecule has 0 radical (unpaired) electrons. The summed E-state index contributed by atoms with van der Waals surface area (Å²) in [7, 11) is 0. The first-order valence-electron chi connectivity index (χ1n) is 3.88. The van der Waals surface area contributed by atoms with Gasteiger partial charge in [-0.25, -0.2) is 10.3 Å². The first-order valence-corrected chi connectivity index (χ1v) is 3.88. The normalized spacial score (nSPS) is 9.27. The molecule has 0 aromatic carbocycles. The van der Waals surface area contributed by atoms with E-state index in [1.165, 1.54) is 5.48 Å². The minimum Gasteiger partial charge on any atom is -0.448 e. The highest BCUT2D eigenvalue weighted by atomic mass is 16.6. The summed E-state index contributed by atoms with van der Waals surface area (Å²) < 4.78 is 4.54. The predicted molar refractivity (Wildman–Crippen MR) is 40.4 cm³/mol. The Morgan fingerprint density at radius 3 is 2.73 bits per heavy atom. The number of nitrogens with one attached hydrogen (secondary N) is 1. The maximum Gasteiger partial charge on any atom is 0.431 e. The zero-order chi connectivity index (χ0) is 8.53. The highest BCUT2D eigenvalue weighted by Crippen LogP contribution is 1.98. The second-order valence-electron chi connectivity index (χ2n) is 2.31. The molecule has 0 saturated carbocycles. The molecule has 11 heavy (non-hydrogen) atoms. The fourth-order valence-electron chi connectivity index (χ4n) is 0.726. The number of hydroxylamine groups is 1. The van der Waals surface area contributed by atoms with E-state index in [2.05, 4.69) is 11.7 Å². The molecule has 2 N–H and O–H groups in total. The lowest BCUT2D eigenvalue weighted by atomic mass is 10.2. The van der Waals surface area contributed by atoms with Crippen LogP contribution in [0.25, 0.3) is 0 Å². The van der Waals surface area contributed by atoms with Gasteiger partial charge in [-0.05, 0) is 6.42 Å². The zero-order valence-corrected chi connectivity index (χ0v) is 6.80. The molecule has 66 valence electrons. The second-order valence-corrected chi connectivity index (χ2v) is 2.31. The van der Waals surface area contributed by atoms with Crippen LogP contribution in [0.3, 0.4) is 0 Å². The van der Waals surface area contributed by atoms with Crippen LogP contribution < -0.4 is 5.48 Å².